The smallest absolute Gasteiger partial charge is 0.344 e. The van der Waals surface area contributed by atoms with Crippen LogP contribution in [0, 0.1) is 0 Å². The van der Waals surface area contributed by atoms with Gasteiger partial charge in [-0.2, -0.15) is 0 Å². The van der Waals surface area contributed by atoms with E-state index in [4.69, 9.17) is 15.2 Å². The number of rotatable bonds is 10. The van der Waals surface area contributed by atoms with E-state index in [0.29, 0.717) is 29.6 Å². The van der Waals surface area contributed by atoms with Crippen LogP contribution in [0.1, 0.15) is 35.5 Å². The number of Topliss-reactive ketones (excluding diaryl/α,β-unsaturated/α-hetero) is 1. The maximum atomic E-state index is 13.0. The summed E-state index contributed by atoms with van der Waals surface area (Å²) < 4.78 is 12.6. The Kier molecular flexibility index (Phi) is 7.44. The Labute approximate surface area is 208 Å². The van der Waals surface area contributed by atoms with Gasteiger partial charge in [-0.1, -0.05) is 61.5 Å². The van der Waals surface area contributed by atoms with E-state index in [2.05, 4.69) is 4.98 Å². The van der Waals surface area contributed by atoms with Crippen LogP contribution in [-0.4, -0.2) is 40.4 Å². The summed E-state index contributed by atoms with van der Waals surface area (Å²) in [5.41, 5.74) is 9.99. The van der Waals surface area contributed by atoms with Crippen LogP contribution in [-0.2, 0) is 27.3 Å². The first kappa shape index (κ1) is 24.7. The van der Waals surface area contributed by atoms with Crippen molar-refractivity contribution in [2.24, 2.45) is 5.73 Å². The Balaban J connectivity index is 1.89. The van der Waals surface area contributed by atoms with Crippen molar-refractivity contribution in [3.05, 3.63) is 83.7 Å². The average molecular weight is 486 g/mol. The minimum absolute atomic E-state index is 0.0648. The van der Waals surface area contributed by atoms with Crippen molar-refractivity contribution >= 4 is 28.6 Å². The van der Waals surface area contributed by atoms with Gasteiger partial charge in [-0.15, -0.1) is 0 Å². The van der Waals surface area contributed by atoms with Crippen LogP contribution in [0.25, 0.3) is 22.0 Å². The SMILES string of the molecule is CCOC(=O)COc1nccc2c1c(C(=O)C(N)=O)c(CC)n2Cc1ccccc1-c1ccccc1. The molecule has 0 saturated heterocycles. The van der Waals surface area contributed by atoms with E-state index >= 15 is 0 Å². The molecule has 184 valence electrons. The third-order valence-electron chi connectivity index (χ3n) is 5.90. The summed E-state index contributed by atoms with van der Waals surface area (Å²) in [7, 11) is 0. The lowest BCUT2D eigenvalue weighted by atomic mass is 9.99. The molecule has 0 aliphatic carbocycles. The minimum atomic E-state index is -1.08. The highest BCUT2D eigenvalue weighted by Gasteiger charge is 2.28. The van der Waals surface area contributed by atoms with E-state index in [1.165, 1.54) is 0 Å². The zero-order valence-electron chi connectivity index (χ0n) is 20.2. The summed E-state index contributed by atoms with van der Waals surface area (Å²) in [6, 6.07) is 19.8. The Bertz CT molecular complexity index is 1430. The van der Waals surface area contributed by atoms with Crippen molar-refractivity contribution in [3.8, 4) is 17.0 Å². The van der Waals surface area contributed by atoms with Crippen LogP contribution in [0.4, 0.5) is 0 Å². The second kappa shape index (κ2) is 10.9. The monoisotopic (exact) mass is 485 g/mol. The van der Waals surface area contributed by atoms with Crippen LogP contribution in [0.2, 0.25) is 0 Å². The molecule has 4 aromatic rings. The second-order valence-electron chi connectivity index (χ2n) is 8.08. The summed E-state index contributed by atoms with van der Waals surface area (Å²) >= 11 is 0. The number of carbonyl (C=O) groups is 3. The molecule has 2 heterocycles. The lowest BCUT2D eigenvalue weighted by Gasteiger charge is -2.14. The van der Waals surface area contributed by atoms with Crippen molar-refractivity contribution in [2.75, 3.05) is 13.2 Å². The van der Waals surface area contributed by atoms with Crippen LogP contribution in [0.5, 0.6) is 5.88 Å². The van der Waals surface area contributed by atoms with E-state index in [9.17, 15) is 14.4 Å². The van der Waals surface area contributed by atoms with Gasteiger partial charge in [0.25, 0.3) is 11.7 Å². The number of ketones is 1. The van der Waals surface area contributed by atoms with Crippen molar-refractivity contribution in [1.82, 2.24) is 9.55 Å². The Morgan fingerprint density at radius 3 is 2.39 bits per heavy atom. The number of hydrogen-bond acceptors (Lipinski definition) is 6. The van der Waals surface area contributed by atoms with Crippen LogP contribution < -0.4 is 10.5 Å². The molecule has 8 heteroatoms. The van der Waals surface area contributed by atoms with Crippen LogP contribution in [0.3, 0.4) is 0 Å². The molecule has 36 heavy (non-hydrogen) atoms. The van der Waals surface area contributed by atoms with Crippen molar-refractivity contribution in [2.45, 2.75) is 26.8 Å². The number of nitrogens with two attached hydrogens (primary N) is 1. The van der Waals surface area contributed by atoms with Crippen LogP contribution in [0.15, 0.2) is 66.9 Å². The van der Waals surface area contributed by atoms with Gasteiger partial charge in [-0.05, 0) is 36.1 Å². The molecule has 0 spiro atoms. The number of fused-ring (bicyclic) bond motifs is 1. The van der Waals surface area contributed by atoms with Gasteiger partial charge < -0.3 is 19.8 Å². The molecular formula is C28H27N3O5. The predicted molar refractivity (Wildman–Crippen MR) is 136 cm³/mol. The summed E-state index contributed by atoms with van der Waals surface area (Å²) in [4.78, 5) is 41.2. The zero-order valence-corrected chi connectivity index (χ0v) is 20.2. The molecule has 0 aliphatic rings. The molecule has 0 radical (unpaired) electrons. The van der Waals surface area contributed by atoms with Crippen molar-refractivity contribution < 1.29 is 23.9 Å². The number of pyridine rings is 1. The van der Waals surface area contributed by atoms with Gasteiger partial charge in [-0.25, -0.2) is 9.78 Å². The third kappa shape index (κ3) is 4.84. The normalized spacial score (nSPS) is 10.8. The highest BCUT2D eigenvalue weighted by atomic mass is 16.6. The van der Waals surface area contributed by atoms with Gasteiger partial charge in [0.1, 0.15) is 0 Å². The molecule has 0 saturated carbocycles. The highest BCUT2D eigenvalue weighted by molar-refractivity contribution is 6.45. The Morgan fingerprint density at radius 2 is 1.69 bits per heavy atom. The molecule has 2 N–H and O–H groups in total. The number of benzene rings is 2. The van der Waals surface area contributed by atoms with Crippen molar-refractivity contribution in [3.63, 3.8) is 0 Å². The number of esters is 1. The summed E-state index contributed by atoms with van der Waals surface area (Å²) in [6.45, 7) is 3.85. The number of nitrogens with zero attached hydrogens (tertiary/aromatic N) is 2. The number of amides is 1. The largest absolute Gasteiger partial charge is 0.465 e. The average Bonchev–Trinajstić information content (AvgIpc) is 3.21. The molecule has 2 aromatic carbocycles. The molecular weight excluding hydrogens is 458 g/mol. The topological polar surface area (TPSA) is 114 Å². The quantitative estimate of drug-likeness (QED) is 0.207. The fourth-order valence-electron chi connectivity index (χ4n) is 4.40. The molecule has 1 amide bonds. The summed E-state index contributed by atoms with van der Waals surface area (Å²) in [5, 5.41) is 0.347. The fraction of sp³-hybridized carbons (Fsp3) is 0.214. The predicted octanol–water partition coefficient (Wildman–Crippen LogP) is 3.92. The summed E-state index contributed by atoms with van der Waals surface area (Å²) in [5.74, 6) is -2.41. The highest BCUT2D eigenvalue weighted by Crippen LogP contribution is 2.35. The molecule has 8 nitrogen and oxygen atoms in total. The third-order valence-corrected chi connectivity index (χ3v) is 5.90. The van der Waals surface area contributed by atoms with Crippen LogP contribution >= 0.6 is 0 Å². The molecule has 2 aromatic heterocycles. The van der Waals surface area contributed by atoms with Crippen molar-refractivity contribution in [1.29, 1.82) is 0 Å². The molecule has 0 unspecified atom stereocenters. The zero-order chi connectivity index (χ0) is 25.7. The standard InChI is InChI=1S/C28H27N3O5/c1-3-21-24(26(33)27(29)34)25-22(14-15-30-28(25)36-17-23(32)35-4-2)31(21)16-19-12-8-9-13-20(19)18-10-6-5-7-11-18/h5-15H,3-4,16-17H2,1-2H3,(H2,29,34). The lowest BCUT2D eigenvalue weighted by molar-refractivity contribution is -0.145. The Morgan fingerprint density at radius 1 is 0.972 bits per heavy atom. The van der Waals surface area contributed by atoms with Gasteiger partial charge in [0.15, 0.2) is 6.61 Å². The van der Waals surface area contributed by atoms with Gasteiger partial charge in [0, 0.05) is 18.4 Å². The van der Waals surface area contributed by atoms with Gasteiger partial charge in [-0.3, -0.25) is 9.59 Å². The van der Waals surface area contributed by atoms with Gasteiger partial charge in [0.2, 0.25) is 5.88 Å². The second-order valence-corrected chi connectivity index (χ2v) is 8.08. The molecule has 0 fully saturated rings. The first-order chi connectivity index (χ1) is 17.5. The fourth-order valence-corrected chi connectivity index (χ4v) is 4.40. The maximum absolute atomic E-state index is 13.0. The first-order valence-corrected chi connectivity index (χ1v) is 11.7. The maximum Gasteiger partial charge on any atom is 0.344 e. The van der Waals surface area contributed by atoms with E-state index in [-0.39, 0.29) is 24.7 Å². The Hall–Kier alpha value is -4.46. The van der Waals surface area contributed by atoms with E-state index < -0.39 is 17.7 Å². The van der Waals surface area contributed by atoms with Gasteiger partial charge in [0.05, 0.1) is 23.1 Å². The molecule has 0 bridgehead atoms. The lowest BCUT2D eigenvalue weighted by Crippen LogP contribution is -2.24. The van der Waals surface area contributed by atoms with E-state index in [0.717, 1.165) is 16.7 Å². The molecule has 4 rings (SSSR count). The molecule has 0 atom stereocenters. The van der Waals surface area contributed by atoms with E-state index in [1.54, 1.807) is 19.2 Å². The minimum Gasteiger partial charge on any atom is -0.465 e. The van der Waals surface area contributed by atoms with Gasteiger partial charge >= 0.3 is 5.97 Å². The first-order valence-electron chi connectivity index (χ1n) is 11.7. The number of carbonyl (C=O) groups excluding carboxylic acids is 3. The number of aromatic nitrogens is 2. The summed E-state index contributed by atoms with van der Waals surface area (Å²) in [6.07, 6.45) is 1.99. The van der Waals surface area contributed by atoms with E-state index in [1.807, 2.05) is 66.1 Å². The number of hydrogen-bond donors (Lipinski definition) is 1. The molecule has 0 aliphatic heterocycles. The number of primary amides is 1. The number of ether oxygens (including phenoxy) is 2.